The molecule has 1 aliphatic carbocycles. The molecule has 9 heteroatoms. The molecule has 2 amide bonds. The third-order valence-electron chi connectivity index (χ3n) is 8.39. The monoisotopic (exact) mass is 599 g/mol. The molecule has 41 heavy (non-hydrogen) atoms. The summed E-state index contributed by atoms with van der Waals surface area (Å²) in [6.45, 7) is 4.25. The molecule has 0 bridgehead atoms. The van der Waals surface area contributed by atoms with Crippen molar-refractivity contribution >= 4 is 40.7 Å². The van der Waals surface area contributed by atoms with Gasteiger partial charge in [0.1, 0.15) is 11.6 Å². The lowest BCUT2D eigenvalue weighted by molar-refractivity contribution is -0.124. The SMILES string of the molecule is CC(=O)Nc1ccc(F)cc1C1CCN(CC2CC2(C(=O)NCCc2ccc(F)cc2)c2ccc(Cl)c(Cl)c2)CC1. The topological polar surface area (TPSA) is 61.4 Å². The molecule has 2 unspecified atom stereocenters. The Kier molecular flexibility index (Phi) is 8.97. The van der Waals surface area contributed by atoms with Crippen molar-refractivity contribution < 1.29 is 18.4 Å². The Labute approximate surface area is 249 Å². The normalized spacial score (nSPS) is 21.0. The largest absolute Gasteiger partial charge is 0.355 e. The molecule has 1 heterocycles. The van der Waals surface area contributed by atoms with E-state index in [0.717, 1.165) is 49.2 Å². The standard InChI is InChI=1S/C32H33Cl2F2N3O2/c1-20(40)38-30-9-7-26(36)17-27(30)22-11-14-39(15-12-22)19-24-18-32(24,23-4-8-28(33)29(34)16-23)31(41)37-13-10-21-2-5-25(35)6-3-21/h2-9,16-17,22,24H,10-15,18-19H2,1H3,(H,37,41)(H,38,40). The van der Waals surface area contributed by atoms with Crippen LogP contribution in [0.1, 0.15) is 48.8 Å². The molecule has 0 spiro atoms. The smallest absolute Gasteiger partial charge is 0.231 e. The molecule has 0 aromatic heterocycles. The summed E-state index contributed by atoms with van der Waals surface area (Å²) in [5.74, 6) is -0.586. The van der Waals surface area contributed by atoms with Crippen LogP contribution in [0.3, 0.4) is 0 Å². The highest BCUT2D eigenvalue weighted by atomic mass is 35.5. The van der Waals surface area contributed by atoms with Crippen LogP contribution in [0, 0.1) is 17.6 Å². The molecule has 1 saturated carbocycles. The molecule has 2 fully saturated rings. The number of hydrogen-bond donors (Lipinski definition) is 2. The van der Waals surface area contributed by atoms with Gasteiger partial charge in [0, 0.05) is 25.7 Å². The number of nitrogens with zero attached hydrogens (tertiary/aromatic N) is 1. The quantitative estimate of drug-likeness (QED) is 0.287. The second-order valence-electron chi connectivity index (χ2n) is 11.1. The zero-order valence-corrected chi connectivity index (χ0v) is 24.4. The lowest BCUT2D eigenvalue weighted by atomic mass is 9.87. The zero-order chi connectivity index (χ0) is 29.1. The van der Waals surface area contributed by atoms with Crippen molar-refractivity contribution in [2.75, 3.05) is 31.5 Å². The maximum Gasteiger partial charge on any atom is 0.231 e. The summed E-state index contributed by atoms with van der Waals surface area (Å²) in [5.41, 5.74) is 2.60. The predicted molar refractivity (Wildman–Crippen MR) is 158 cm³/mol. The summed E-state index contributed by atoms with van der Waals surface area (Å²) in [6, 6.07) is 16.2. The van der Waals surface area contributed by atoms with Crippen molar-refractivity contribution in [3.8, 4) is 0 Å². The average Bonchev–Trinajstić information content (AvgIpc) is 3.67. The van der Waals surface area contributed by atoms with Crippen LogP contribution in [-0.2, 0) is 21.4 Å². The summed E-state index contributed by atoms with van der Waals surface area (Å²) in [4.78, 5) is 27.7. The third kappa shape index (κ3) is 6.74. The molecule has 2 aliphatic rings. The van der Waals surface area contributed by atoms with Crippen LogP contribution in [0.4, 0.5) is 14.5 Å². The number of carbonyl (C=O) groups excluding carboxylic acids is 2. The first-order valence-corrected chi connectivity index (χ1v) is 14.7. The number of halogens is 4. The number of hydrogen-bond acceptors (Lipinski definition) is 3. The first kappa shape index (κ1) is 29.5. The van der Waals surface area contributed by atoms with Gasteiger partial charge in [0.05, 0.1) is 15.5 Å². The number of anilines is 1. The number of nitrogens with one attached hydrogen (secondary N) is 2. The first-order chi connectivity index (χ1) is 19.7. The summed E-state index contributed by atoms with van der Waals surface area (Å²) >= 11 is 12.5. The van der Waals surface area contributed by atoms with E-state index in [1.807, 2.05) is 6.07 Å². The van der Waals surface area contributed by atoms with Crippen molar-refractivity contribution in [1.82, 2.24) is 10.2 Å². The van der Waals surface area contributed by atoms with E-state index in [1.165, 1.54) is 31.2 Å². The van der Waals surface area contributed by atoms with Crippen molar-refractivity contribution in [1.29, 1.82) is 0 Å². The number of benzene rings is 3. The van der Waals surface area contributed by atoms with Gasteiger partial charge in [0.2, 0.25) is 11.8 Å². The number of carbonyl (C=O) groups is 2. The van der Waals surface area contributed by atoms with Gasteiger partial charge in [-0.1, -0.05) is 41.4 Å². The van der Waals surface area contributed by atoms with Gasteiger partial charge in [-0.25, -0.2) is 8.78 Å². The molecule has 2 N–H and O–H groups in total. The van der Waals surface area contributed by atoms with Crippen LogP contribution in [0.25, 0.3) is 0 Å². The summed E-state index contributed by atoms with van der Waals surface area (Å²) < 4.78 is 27.3. The molecular formula is C32H33Cl2F2N3O2. The molecular weight excluding hydrogens is 567 g/mol. The summed E-state index contributed by atoms with van der Waals surface area (Å²) in [6.07, 6.45) is 2.95. The second kappa shape index (κ2) is 12.5. The van der Waals surface area contributed by atoms with Crippen molar-refractivity contribution in [3.05, 3.63) is 99.0 Å². The van der Waals surface area contributed by atoms with Crippen LogP contribution >= 0.6 is 23.2 Å². The Morgan fingerprint density at radius 1 is 0.951 bits per heavy atom. The Hall–Kier alpha value is -3.00. The first-order valence-electron chi connectivity index (χ1n) is 13.9. The Balaban J connectivity index is 1.25. The highest BCUT2D eigenvalue weighted by molar-refractivity contribution is 6.42. The fraction of sp³-hybridized carbons (Fsp3) is 0.375. The predicted octanol–water partition coefficient (Wildman–Crippen LogP) is 6.73. The van der Waals surface area contributed by atoms with Crippen LogP contribution in [-0.4, -0.2) is 42.9 Å². The van der Waals surface area contributed by atoms with Crippen molar-refractivity contribution in [3.63, 3.8) is 0 Å². The number of likely N-dealkylation sites (tertiary alicyclic amines) is 1. The molecule has 5 rings (SSSR count). The van der Waals surface area contributed by atoms with Gasteiger partial charge in [0.25, 0.3) is 0 Å². The van der Waals surface area contributed by atoms with E-state index in [1.54, 1.807) is 30.3 Å². The molecule has 216 valence electrons. The van der Waals surface area contributed by atoms with Gasteiger partial charge in [0.15, 0.2) is 0 Å². The van der Waals surface area contributed by atoms with Gasteiger partial charge in [-0.2, -0.15) is 0 Å². The molecule has 3 aromatic carbocycles. The minimum Gasteiger partial charge on any atom is -0.355 e. The molecule has 2 atom stereocenters. The minimum atomic E-state index is -0.699. The number of amides is 2. The summed E-state index contributed by atoms with van der Waals surface area (Å²) in [7, 11) is 0. The molecule has 0 radical (unpaired) electrons. The van der Waals surface area contributed by atoms with E-state index < -0.39 is 5.41 Å². The molecule has 1 saturated heterocycles. The Morgan fingerprint density at radius 3 is 2.34 bits per heavy atom. The highest BCUT2D eigenvalue weighted by Crippen LogP contribution is 2.56. The zero-order valence-electron chi connectivity index (χ0n) is 22.9. The van der Waals surface area contributed by atoms with Gasteiger partial charge in [-0.05, 0) is 110 Å². The summed E-state index contributed by atoms with van der Waals surface area (Å²) in [5, 5.41) is 6.80. The number of rotatable bonds is 9. The van der Waals surface area contributed by atoms with Crippen LogP contribution < -0.4 is 10.6 Å². The highest BCUT2D eigenvalue weighted by Gasteiger charge is 2.61. The van der Waals surface area contributed by atoms with E-state index in [4.69, 9.17) is 23.2 Å². The van der Waals surface area contributed by atoms with Gasteiger partial charge in [-0.3, -0.25) is 9.59 Å². The van der Waals surface area contributed by atoms with Crippen LogP contribution in [0.15, 0.2) is 60.7 Å². The van der Waals surface area contributed by atoms with E-state index in [9.17, 15) is 18.4 Å². The van der Waals surface area contributed by atoms with E-state index in [2.05, 4.69) is 15.5 Å². The fourth-order valence-corrected chi connectivity index (χ4v) is 6.43. The molecule has 3 aromatic rings. The third-order valence-corrected chi connectivity index (χ3v) is 9.13. The van der Waals surface area contributed by atoms with Crippen LogP contribution in [0.5, 0.6) is 0 Å². The van der Waals surface area contributed by atoms with E-state index in [0.29, 0.717) is 35.1 Å². The molecule has 1 aliphatic heterocycles. The minimum absolute atomic E-state index is 0.0439. The maximum absolute atomic E-state index is 14.1. The van der Waals surface area contributed by atoms with Crippen molar-refractivity contribution in [2.45, 2.75) is 43.9 Å². The second-order valence-corrected chi connectivity index (χ2v) is 11.9. The molecule has 5 nitrogen and oxygen atoms in total. The van der Waals surface area contributed by atoms with Gasteiger partial charge >= 0.3 is 0 Å². The van der Waals surface area contributed by atoms with E-state index >= 15 is 0 Å². The number of piperidine rings is 1. The van der Waals surface area contributed by atoms with Gasteiger partial charge in [-0.15, -0.1) is 0 Å². The lowest BCUT2D eigenvalue weighted by Crippen LogP contribution is -2.40. The van der Waals surface area contributed by atoms with Gasteiger partial charge < -0.3 is 15.5 Å². The van der Waals surface area contributed by atoms with E-state index in [-0.39, 0.29) is 35.3 Å². The average molecular weight is 601 g/mol. The Morgan fingerprint density at radius 2 is 1.66 bits per heavy atom. The lowest BCUT2D eigenvalue weighted by Gasteiger charge is -2.33. The maximum atomic E-state index is 14.1. The Bertz CT molecular complexity index is 1430. The van der Waals surface area contributed by atoms with Crippen LogP contribution in [0.2, 0.25) is 10.0 Å². The van der Waals surface area contributed by atoms with Crippen molar-refractivity contribution in [2.24, 2.45) is 5.92 Å². The fourth-order valence-electron chi connectivity index (χ4n) is 6.13.